The Balaban J connectivity index is 4.26. The van der Waals surface area contributed by atoms with Crippen molar-refractivity contribution in [3.05, 3.63) is 36.5 Å². The van der Waals surface area contributed by atoms with Crippen LogP contribution in [0.1, 0.15) is 181 Å². The van der Waals surface area contributed by atoms with Gasteiger partial charge < -0.3 is 20.1 Å². The van der Waals surface area contributed by atoms with E-state index in [1.165, 1.54) is 96.3 Å². The number of rotatable bonds is 38. The van der Waals surface area contributed by atoms with Gasteiger partial charge in [0.25, 0.3) is 0 Å². The summed E-state index contributed by atoms with van der Waals surface area (Å²) in [4.78, 5) is 34.7. The first kappa shape index (κ1) is 49.2. The Hall–Kier alpha value is -1.77. The Kier molecular flexibility index (Phi) is 36.7. The molecule has 2 atom stereocenters. The molecule has 0 saturated carbocycles. The summed E-state index contributed by atoms with van der Waals surface area (Å²) in [6, 6.07) is 0. The van der Waals surface area contributed by atoms with Gasteiger partial charge in [0.15, 0.2) is 6.10 Å². The van der Waals surface area contributed by atoms with E-state index in [4.69, 9.17) is 24.3 Å². The van der Waals surface area contributed by atoms with Gasteiger partial charge in [-0.05, 0) is 44.9 Å². The summed E-state index contributed by atoms with van der Waals surface area (Å²) in [6.45, 7) is 3.66. The number of carbonyl (C=O) groups excluding carboxylic acids is 2. The molecule has 0 radical (unpaired) electrons. The molecular weight excluding hydrogens is 665 g/mol. The molecule has 0 bridgehead atoms. The smallest absolute Gasteiger partial charge is 0.462 e. The zero-order valence-corrected chi connectivity index (χ0v) is 33.5. The van der Waals surface area contributed by atoms with Gasteiger partial charge in [0.05, 0.1) is 13.2 Å². The minimum absolute atomic E-state index is 0.0476. The van der Waals surface area contributed by atoms with Crippen LogP contribution in [0.4, 0.5) is 0 Å². The van der Waals surface area contributed by atoms with Crippen LogP contribution in [0, 0.1) is 0 Å². The summed E-state index contributed by atoms with van der Waals surface area (Å²) in [5.74, 6) is -0.887. The molecule has 0 aromatic heterocycles. The highest BCUT2D eigenvalue weighted by molar-refractivity contribution is 7.47. The van der Waals surface area contributed by atoms with Crippen molar-refractivity contribution in [3.8, 4) is 0 Å². The summed E-state index contributed by atoms with van der Waals surface area (Å²) in [5, 5.41) is 0. The molecule has 3 N–H and O–H groups in total. The number of allylic oxidation sites excluding steroid dienone is 6. The first-order valence-corrected chi connectivity index (χ1v) is 22.0. The van der Waals surface area contributed by atoms with E-state index >= 15 is 0 Å². The van der Waals surface area contributed by atoms with Gasteiger partial charge in [-0.25, -0.2) is 4.57 Å². The zero-order chi connectivity index (χ0) is 37.5. The standard InChI is InChI=1S/C41H76NO8P/c1-3-5-7-9-11-13-15-17-18-19-20-22-23-25-27-29-31-33-40(43)47-37-39(38-49-51(45,46)48-36-35-42)50-41(44)34-32-30-28-26-24-21-16-14-12-10-8-6-4-2/h17-18,20,22,25,27,39H,3-16,19,21,23-24,26,28-38,42H2,1-2H3,(H,45,46)/t39-/m1/s1. The monoisotopic (exact) mass is 742 g/mol. The molecule has 298 valence electrons. The first-order chi connectivity index (χ1) is 24.8. The molecule has 0 amide bonds. The van der Waals surface area contributed by atoms with E-state index in [0.717, 1.165) is 44.9 Å². The highest BCUT2D eigenvalue weighted by atomic mass is 31.2. The van der Waals surface area contributed by atoms with Crippen LogP contribution in [0.5, 0.6) is 0 Å². The van der Waals surface area contributed by atoms with E-state index in [1.54, 1.807) is 0 Å². The summed E-state index contributed by atoms with van der Waals surface area (Å²) in [5.41, 5.74) is 5.33. The molecule has 10 heteroatoms. The topological polar surface area (TPSA) is 134 Å². The number of phosphoric ester groups is 1. The number of ether oxygens (including phenoxy) is 2. The minimum Gasteiger partial charge on any atom is -0.462 e. The van der Waals surface area contributed by atoms with Crippen molar-refractivity contribution in [2.45, 2.75) is 187 Å². The van der Waals surface area contributed by atoms with Gasteiger partial charge in [-0.2, -0.15) is 0 Å². The van der Waals surface area contributed by atoms with Gasteiger partial charge in [0, 0.05) is 19.4 Å². The lowest BCUT2D eigenvalue weighted by molar-refractivity contribution is -0.161. The number of unbranched alkanes of at least 4 members (excludes halogenated alkanes) is 19. The lowest BCUT2D eigenvalue weighted by atomic mass is 10.0. The quantitative estimate of drug-likeness (QED) is 0.0274. The second kappa shape index (κ2) is 38.0. The molecule has 0 heterocycles. The number of esters is 2. The summed E-state index contributed by atoms with van der Waals surface area (Å²) in [7, 11) is -4.38. The fourth-order valence-electron chi connectivity index (χ4n) is 5.47. The number of carbonyl (C=O) groups is 2. The molecule has 0 aliphatic carbocycles. The molecule has 0 aromatic carbocycles. The Labute approximate surface area is 312 Å². The van der Waals surface area contributed by atoms with E-state index in [2.05, 4.69) is 50.3 Å². The predicted molar refractivity (Wildman–Crippen MR) is 210 cm³/mol. The lowest BCUT2D eigenvalue weighted by Crippen LogP contribution is -2.29. The second-order valence-corrected chi connectivity index (χ2v) is 15.0. The van der Waals surface area contributed by atoms with Gasteiger partial charge in [0.2, 0.25) is 0 Å². The summed E-state index contributed by atoms with van der Waals surface area (Å²) in [6.07, 6.45) is 40.4. The van der Waals surface area contributed by atoms with Crippen molar-refractivity contribution in [2.24, 2.45) is 5.73 Å². The molecule has 0 aromatic rings. The fourth-order valence-corrected chi connectivity index (χ4v) is 6.24. The Morgan fingerprint density at radius 2 is 1.04 bits per heavy atom. The first-order valence-electron chi connectivity index (χ1n) is 20.5. The van der Waals surface area contributed by atoms with Crippen molar-refractivity contribution >= 4 is 19.8 Å². The Morgan fingerprint density at radius 1 is 0.588 bits per heavy atom. The molecule has 1 unspecified atom stereocenters. The SMILES string of the molecule is CCCCCCCCC=CCC=CCC=CCCCC(=O)OC[C@H](COP(=O)(O)OCCN)OC(=O)CCCCCCCCCCCCCCC. The van der Waals surface area contributed by atoms with Crippen LogP contribution in [0.2, 0.25) is 0 Å². The second-order valence-electron chi connectivity index (χ2n) is 13.5. The molecule has 9 nitrogen and oxygen atoms in total. The Morgan fingerprint density at radius 3 is 1.57 bits per heavy atom. The molecule has 0 aliphatic rings. The molecule has 0 spiro atoms. The number of hydrogen-bond donors (Lipinski definition) is 2. The van der Waals surface area contributed by atoms with Crippen molar-refractivity contribution < 1.29 is 37.6 Å². The maximum atomic E-state index is 12.5. The van der Waals surface area contributed by atoms with Crippen molar-refractivity contribution in [3.63, 3.8) is 0 Å². The zero-order valence-electron chi connectivity index (χ0n) is 32.6. The van der Waals surface area contributed by atoms with E-state index in [9.17, 15) is 19.0 Å². The molecule has 0 saturated heterocycles. The molecule has 51 heavy (non-hydrogen) atoms. The normalized spacial score (nSPS) is 13.7. The number of phosphoric acid groups is 1. The third-order valence-electron chi connectivity index (χ3n) is 8.53. The highest BCUT2D eigenvalue weighted by Gasteiger charge is 2.25. The van der Waals surface area contributed by atoms with Crippen LogP contribution < -0.4 is 5.73 Å². The molecular formula is C41H76NO8P. The number of hydrogen-bond acceptors (Lipinski definition) is 8. The van der Waals surface area contributed by atoms with Crippen LogP contribution in [0.15, 0.2) is 36.5 Å². The molecule has 0 fully saturated rings. The van der Waals surface area contributed by atoms with E-state index in [0.29, 0.717) is 12.8 Å². The van der Waals surface area contributed by atoms with E-state index in [1.807, 2.05) is 0 Å². The van der Waals surface area contributed by atoms with Gasteiger partial charge in [-0.3, -0.25) is 18.6 Å². The highest BCUT2D eigenvalue weighted by Crippen LogP contribution is 2.43. The molecule has 0 aliphatic heterocycles. The van der Waals surface area contributed by atoms with Crippen LogP contribution >= 0.6 is 7.82 Å². The maximum Gasteiger partial charge on any atom is 0.472 e. The lowest BCUT2D eigenvalue weighted by Gasteiger charge is -2.19. The third kappa shape index (κ3) is 37.8. The fraction of sp³-hybridized carbons (Fsp3) is 0.805. The summed E-state index contributed by atoms with van der Waals surface area (Å²) < 4.78 is 32.6. The maximum absolute atomic E-state index is 12.5. The Bertz CT molecular complexity index is 939. The third-order valence-corrected chi connectivity index (χ3v) is 9.51. The average Bonchev–Trinajstić information content (AvgIpc) is 3.11. The van der Waals surface area contributed by atoms with Crippen LogP contribution in [0.3, 0.4) is 0 Å². The van der Waals surface area contributed by atoms with Crippen molar-refractivity contribution in [1.29, 1.82) is 0 Å². The van der Waals surface area contributed by atoms with Gasteiger partial charge in [0.1, 0.15) is 6.61 Å². The minimum atomic E-state index is -4.38. The van der Waals surface area contributed by atoms with Crippen LogP contribution in [0.25, 0.3) is 0 Å². The van der Waals surface area contributed by atoms with Crippen LogP contribution in [-0.4, -0.2) is 49.3 Å². The summed E-state index contributed by atoms with van der Waals surface area (Å²) >= 11 is 0. The largest absolute Gasteiger partial charge is 0.472 e. The van der Waals surface area contributed by atoms with Gasteiger partial charge in [-0.1, -0.05) is 159 Å². The van der Waals surface area contributed by atoms with Crippen molar-refractivity contribution in [1.82, 2.24) is 0 Å². The predicted octanol–water partition coefficient (Wildman–Crippen LogP) is 11.4. The van der Waals surface area contributed by atoms with Gasteiger partial charge >= 0.3 is 19.8 Å². The van der Waals surface area contributed by atoms with E-state index in [-0.39, 0.29) is 32.6 Å². The van der Waals surface area contributed by atoms with E-state index < -0.39 is 32.5 Å². The van der Waals surface area contributed by atoms with Crippen molar-refractivity contribution in [2.75, 3.05) is 26.4 Å². The number of nitrogens with two attached hydrogens (primary N) is 1. The molecule has 0 rings (SSSR count). The average molecular weight is 742 g/mol. The van der Waals surface area contributed by atoms with Gasteiger partial charge in [-0.15, -0.1) is 0 Å². The van der Waals surface area contributed by atoms with Crippen LogP contribution in [-0.2, 0) is 32.7 Å².